The standard InChI is InChI=1S/C11H21N3O2/c1-3-7-14-10(4-5-13-14)11(15)9-12-6-8-16-2/h4-5,11-12,15H,3,6-9H2,1-2H3. The van der Waals surface area contributed by atoms with Crippen LogP contribution in [0, 0.1) is 0 Å². The predicted octanol–water partition coefficient (Wildman–Crippen LogP) is 0.562. The highest BCUT2D eigenvalue weighted by molar-refractivity contribution is 5.04. The van der Waals surface area contributed by atoms with E-state index < -0.39 is 6.10 Å². The zero-order valence-corrected chi connectivity index (χ0v) is 10.0. The maximum Gasteiger partial charge on any atom is 0.108 e. The van der Waals surface area contributed by atoms with Crippen molar-refractivity contribution in [3.05, 3.63) is 18.0 Å². The number of nitrogens with one attached hydrogen (secondary N) is 1. The van der Waals surface area contributed by atoms with E-state index in [-0.39, 0.29) is 0 Å². The lowest BCUT2D eigenvalue weighted by Gasteiger charge is -2.13. The molecule has 0 radical (unpaired) electrons. The van der Waals surface area contributed by atoms with Gasteiger partial charge < -0.3 is 15.2 Å². The SMILES string of the molecule is CCCn1nccc1C(O)CNCCOC. The van der Waals surface area contributed by atoms with Crippen LogP contribution >= 0.6 is 0 Å². The first-order valence-corrected chi connectivity index (χ1v) is 5.69. The topological polar surface area (TPSA) is 59.3 Å². The molecule has 0 spiro atoms. The molecular weight excluding hydrogens is 206 g/mol. The Labute approximate surface area is 96.4 Å². The summed E-state index contributed by atoms with van der Waals surface area (Å²) in [4.78, 5) is 0. The van der Waals surface area contributed by atoms with Crippen molar-refractivity contribution in [3.8, 4) is 0 Å². The monoisotopic (exact) mass is 227 g/mol. The van der Waals surface area contributed by atoms with Crippen molar-refractivity contribution in [2.75, 3.05) is 26.8 Å². The second-order valence-electron chi connectivity index (χ2n) is 3.69. The summed E-state index contributed by atoms with van der Waals surface area (Å²) in [6.07, 6.45) is 2.23. The van der Waals surface area contributed by atoms with Crippen LogP contribution in [0.4, 0.5) is 0 Å². The van der Waals surface area contributed by atoms with E-state index in [1.165, 1.54) is 0 Å². The summed E-state index contributed by atoms with van der Waals surface area (Å²) in [6.45, 7) is 4.86. The minimum atomic E-state index is -0.508. The minimum absolute atomic E-state index is 0.508. The largest absolute Gasteiger partial charge is 0.385 e. The molecule has 0 aliphatic carbocycles. The van der Waals surface area contributed by atoms with Gasteiger partial charge in [0.15, 0.2) is 0 Å². The van der Waals surface area contributed by atoms with Gasteiger partial charge in [0, 0.05) is 32.9 Å². The average Bonchev–Trinajstić information content (AvgIpc) is 2.73. The second-order valence-corrected chi connectivity index (χ2v) is 3.69. The van der Waals surface area contributed by atoms with Crippen LogP contribution < -0.4 is 5.32 Å². The summed E-state index contributed by atoms with van der Waals surface area (Å²) in [5.74, 6) is 0. The van der Waals surface area contributed by atoms with Crippen molar-refractivity contribution in [1.82, 2.24) is 15.1 Å². The summed E-state index contributed by atoms with van der Waals surface area (Å²) in [6, 6.07) is 1.86. The second kappa shape index (κ2) is 7.38. The number of aromatic nitrogens is 2. The number of aliphatic hydroxyl groups excluding tert-OH is 1. The molecule has 1 rings (SSSR count). The molecule has 92 valence electrons. The fraction of sp³-hybridized carbons (Fsp3) is 0.727. The zero-order chi connectivity index (χ0) is 11.8. The van der Waals surface area contributed by atoms with E-state index in [0.717, 1.165) is 25.2 Å². The third kappa shape index (κ3) is 3.92. The molecule has 0 saturated carbocycles. The van der Waals surface area contributed by atoms with Gasteiger partial charge >= 0.3 is 0 Å². The first-order valence-electron chi connectivity index (χ1n) is 5.69. The van der Waals surface area contributed by atoms with E-state index in [1.807, 2.05) is 10.7 Å². The summed E-state index contributed by atoms with van der Waals surface area (Å²) in [7, 11) is 1.66. The third-order valence-corrected chi connectivity index (χ3v) is 2.35. The van der Waals surface area contributed by atoms with Crippen LogP contribution in [0.1, 0.15) is 25.1 Å². The number of methoxy groups -OCH3 is 1. The van der Waals surface area contributed by atoms with Crippen LogP contribution in [-0.4, -0.2) is 41.7 Å². The Hall–Kier alpha value is -0.910. The fourth-order valence-electron chi connectivity index (χ4n) is 1.54. The molecule has 1 aromatic rings. The van der Waals surface area contributed by atoms with Crippen LogP contribution in [0.15, 0.2) is 12.3 Å². The minimum Gasteiger partial charge on any atom is -0.385 e. The summed E-state index contributed by atoms with van der Waals surface area (Å²) < 4.78 is 6.76. The molecular formula is C11H21N3O2. The number of aliphatic hydroxyl groups is 1. The van der Waals surface area contributed by atoms with Crippen molar-refractivity contribution in [2.45, 2.75) is 26.0 Å². The Morgan fingerprint density at radius 1 is 1.62 bits per heavy atom. The van der Waals surface area contributed by atoms with Crippen LogP contribution in [0.3, 0.4) is 0 Å². The molecule has 16 heavy (non-hydrogen) atoms. The molecule has 0 saturated heterocycles. The molecule has 1 aromatic heterocycles. The van der Waals surface area contributed by atoms with E-state index >= 15 is 0 Å². The molecule has 0 aliphatic heterocycles. The van der Waals surface area contributed by atoms with Crippen LogP contribution in [-0.2, 0) is 11.3 Å². The molecule has 0 aromatic carbocycles. The van der Waals surface area contributed by atoms with Gasteiger partial charge in [0.25, 0.3) is 0 Å². The highest BCUT2D eigenvalue weighted by Crippen LogP contribution is 2.11. The number of nitrogens with zero attached hydrogens (tertiary/aromatic N) is 2. The van der Waals surface area contributed by atoms with Crippen molar-refractivity contribution in [2.24, 2.45) is 0 Å². The Morgan fingerprint density at radius 2 is 2.44 bits per heavy atom. The molecule has 1 heterocycles. The van der Waals surface area contributed by atoms with Gasteiger partial charge in [-0.1, -0.05) is 6.92 Å². The quantitative estimate of drug-likeness (QED) is 0.637. The molecule has 0 amide bonds. The van der Waals surface area contributed by atoms with Gasteiger partial charge in [-0.3, -0.25) is 4.68 Å². The zero-order valence-electron chi connectivity index (χ0n) is 10.0. The lowest BCUT2D eigenvalue weighted by Crippen LogP contribution is -2.26. The van der Waals surface area contributed by atoms with Gasteiger partial charge in [0.1, 0.15) is 6.10 Å². The number of rotatable bonds is 8. The van der Waals surface area contributed by atoms with E-state index in [9.17, 15) is 5.11 Å². The van der Waals surface area contributed by atoms with Crippen LogP contribution in [0.5, 0.6) is 0 Å². The predicted molar refractivity (Wildman–Crippen MR) is 62.2 cm³/mol. The normalized spacial score (nSPS) is 12.9. The van der Waals surface area contributed by atoms with E-state index in [1.54, 1.807) is 13.3 Å². The summed E-state index contributed by atoms with van der Waals surface area (Å²) in [5, 5.41) is 17.3. The Balaban J connectivity index is 2.39. The molecule has 0 fully saturated rings. The first-order chi connectivity index (χ1) is 7.79. The van der Waals surface area contributed by atoms with Gasteiger partial charge in [-0.15, -0.1) is 0 Å². The number of ether oxygens (including phenoxy) is 1. The van der Waals surface area contributed by atoms with Gasteiger partial charge in [-0.2, -0.15) is 5.10 Å². The van der Waals surface area contributed by atoms with E-state index in [2.05, 4.69) is 17.3 Å². The number of hydrogen-bond acceptors (Lipinski definition) is 4. The Kier molecular flexibility index (Phi) is 6.07. The van der Waals surface area contributed by atoms with Gasteiger partial charge in [0.05, 0.1) is 12.3 Å². The maximum absolute atomic E-state index is 9.95. The smallest absolute Gasteiger partial charge is 0.108 e. The molecule has 0 aliphatic rings. The molecule has 0 bridgehead atoms. The molecule has 5 heteroatoms. The fourth-order valence-corrected chi connectivity index (χ4v) is 1.54. The van der Waals surface area contributed by atoms with Gasteiger partial charge in [-0.05, 0) is 12.5 Å². The van der Waals surface area contributed by atoms with Gasteiger partial charge in [0.2, 0.25) is 0 Å². The lowest BCUT2D eigenvalue weighted by atomic mass is 10.2. The highest BCUT2D eigenvalue weighted by atomic mass is 16.5. The maximum atomic E-state index is 9.95. The summed E-state index contributed by atoms with van der Waals surface area (Å²) in [5.41, 5.74) is 0.867. The lowest BCUT2D eigenvalue weighted by molar-refractivity contribution is 0.153. The molecule has 5 nitrogen and oxygen atoms in total. The summed E-state index contributed by atoms with van der Waals surface area (Å²) >= 11 is 0. The third-order valence-electron chi connectivity index (χ3n) is 2.35. The van der Waals surface area contributed by atoms with Crippen molar-refractivity contribution in [1.29, 1.82) is 0 Å². The molecule has 1 unspecified atom stereocenters. The number of hydrogen-bond donors (Lipinski definition) is 2. The van der Waals surface area contributed by atoms with E-state index in [0.29, 0.717) is 13.2 Å². The average molecular weight is 227 g/mol. The van der Waals surface area contributed by atoms with Crippen molar-refractivity contribution in [3.63, 3.8) is 0 Å². The van der Waals surface area contributed by atoms with Crippen molar-refractivity contribution < 1.29 is 9.84 Å². The number of aryl methyl sites for hydroxylation is 1. The first kappa shape index (κ1) is 13.2. The van der Waals surface area contributed by atoms with Crippen LogP contribution in [0.25, 0.3) is 0 Å². The van der Waals surface area contributed by atoms with Crippen molar-refractivity contribution >= 4 is 0 Å². The van der Waals surface area contributed by atoms with E-state index in [4.69, 9.17) is 4.74 Å². The highest BCUT2D eigenvalue weighted by Gasteiger charge is 2.11. The van der Waals surface area contributed by atoms with Gasteiger partial charge in [-0.25, -0.2) is 0 Å². The molecule has 2 N–H and O–H groups in total. The van der Waals surface area contributed by atoms with Crippen LogP contribution in [0.2, 0.25) is 0 Å². The Morgan fingerprint density at radius 3 is 3.12 bits per heavy atom. The Bertz CT molecular complexity index is 289. The molecule has 1 atom stereocenters.